The molecule has 0 saturated carbocycles. The first kappa shape index (κ1) is 14.4. The lowest BCUT2D eigenvalue weighted by Crippen LogP contribution is -2.34. The highest BCUT2D eigenvalue weighted by Crippen LogP contribution is 2.31. The van der Waals surface area contributed by atoms with Crippen LogP contribution < -0.4 is 4.74 Å². The van der Waals surface area contributed by atoms with E-state index in [0.29, 0.717) is 24.3 Å². The Morgan fingerprint density at radius 3 is 2.65 bits per heavy atom. The molecule has 1 aromatic rings. The number of carbonyl (C=O) groups is 2. The molecule has 5 nitrogen and oxygen atoms in total. The van der Waals surface area contributed by atoms with E-state index in [2.05, 4.69) is 0 Å². The maximum absolute atomic E-state index is 12.4. The Kier molecular flexibility index (Phi) is 3.70. The predicted octanol–water partition coefficient (Wildman–Crippen LogP) is 1.94. The number of carboxylic acid groups (broad SMARTS) is 1. The number of aliphatic carboxylic acids is 1. The Balaban J connectivity index is 2.19. The van der Waals surface area contributed by atoms with E-state index in [0.717, 1.165) is 5.56 Å². The van der Waals surface area contributed by atoms with Crippen molar-refractivity contribution >= 4 is 11.9 Å². The molecule has 1 heterocycles. The largest absolute Gasteiger partial charge is 0.496 e. The van der Waals surface area contributed by atoms with Crippen LogP contribution in [0.3, 0.4) is 0 Å². The number of carbonyl (C=O) groups excluding carboxylic acids is 1. The highest BCUT2D eigenvalue weighted by atomic mass is 16.5. The molecule has 1 amide bonds. The van der Waals surface area contributed by atoms with Crippen LogP contribution in [0.4, 0.5) is 0 Å². The van der Waals surface area contributed by atoms with Crippen molar-refractivity contribution in [1.29, 1.82) is 0 Å². The van der Waals surface area contributed by atoms with Crippen molar-refractivity contribution in [3.8, 4) is 5.75 Å². The maximum Gasteiger partial charge on any atom is 0.311 e. The number of hydrogen-bond acceptors (Lipinski definition) is 3. The zero-order valence-electron chi connectivity index (χ0n) is 12.0. The van der Waals surface area contributed by atoms with Gasteiger partial charge in [-0.25, -0.2) is 0 Å². The summed E-state index contributed by atoms with van der Waals surface area (Å²) in [5.74, 6) is -0.335. The minimum Gasteiger partial charge on any atom is -0.496 e. The van der Waals surface area contributed by atoms with Crippen molar-refractivity contribution in [2.24, 2.45) is 5.41 Å². The molecule has 0 spiro atoms. The third-order valence-corrected chi connectivity index (χ3v) is 3.93. The number of ether oxygens (including phenoxy) is 1. The van der Waals surface area contributed by atoms with Crippen LogP contribution in [0.2, 0.25) is 0 Å². The van der Waals surface area contributed by atoms with Crippen LogP contribution in [0.1, 0.15) is 29.3 Å². The lowest BCUT2D eigenvalue weighted by Gasteiger charge is -2.20. The number of nitrogens with zero attached hydrogens (tertiary/aromatic N) is 1. The Morgan fingerprint density at radius 2 is 2.10 bits per heavy atom. The van der Waals surface area contributed by atoms with Gasteiger partial charge in [-0.2, -0.15) is 0 Å². The van der Waals surface area contributed by atoms with Gasteiger partial charge in [-0.15, -0.1) is 0 Å². The number of benzene rings is 1. The summed E-state index contributed by atoms with van der Waals surface area (Å²) in [6.07, 6.45) is 0.483. The molecule has 1 aliphatic heterocycles. The van der Waals surface area contributed by atoms with Gasteiger partial charge in [0.05, 0.1) is 12.5 Å². The summed E-state index contributed by atoms with van der Waals surface area (Å²) in [6.45, 7) is 4.30. The average molecular weight is 277 g/mol. The maximum atomic E-state index is 12.4. The smallest absolute Gasteiger partial charge is 0.311 e. The lowest BCUT2D eigenvalue weighted by atomic mass is 9.90. The molecule has 0 bridgehead atoms. The molecule has 5 heteroatoms. The molecule has 1 aliphatic rings. The second kappa shape index (κ2) is 5.15. The first-order valence-corrected chi connectivity index (χ1v) is 6.55. The molecule has 0 aromatic heterocycles. The van der Waals surface area contributed by atoms with Gasteiger partial charge in [0.1, 0.15) is 5.75 Å². The summed E-state index contributed by atoms with van der Waals surface area (Å²) in [4.78, 5) is 25.2. The van der Waals surface area contributed by atoms with Gasteiger partial charge in [-0.05, 0) is 38.0 Å². The zero-order valence-corrected chi connectivity index (χ0v) is 12.0. The summed E-state index contributed by atoms with van der Waals surface area (Å²) in [5, 5.41) is 9.20. The van der Waals surface area contributed by atoms with E-state index in [9.17, 15) is 14.7 Å². The van der Waals surface area contributed by atoms with E-state index < -0.39 is 11.4 Å². The van der Waals surface area contributed by atoms with E-state index in [-0.39, 0.29) is 12.5 Å². The van der Waals surface area contributed by atoms with Crippen molar-refractivity contribution in [1.82, 2.24) is 4.90 Å². The molecular formula is C15H19NO4. The van der Waals surface area contributed by atoms with E-state index >= 15 is 0 Å². The Labute approximate surface area is 118 Å². The topological polar surface area (TPSA) is 66.8 Å². The number of carboxylic acids is 1. The van der Waals surface area contributed by atoms with Gasteiger partial charge in [0.2, 0.25) is 0 Å². The molecule has 1 aromatic carbocycles. The standard InChI is InChI=1S/C15H19NO4/c1-10-4-5-11(8-12(10)20-3)13(17)16-7-6-15(2,9-16)14(18)19/h4-5,8H,6-7,9H2,1-3H3,(H,18,19). The van der Waals surface area contributed by atoms with Gasteiger partial charge >= 0.3 is 5.97 Å². The van der Waals surface area contributed by atoms with Crippen molar-refractivity contribution in [2.75, 3.05) is 20.2 Å². The van der Waals surface area contributed by atoms with Crippen LogP contribution in [0, 0.1) is 12.3 Å². The Bertz CT molecular complexity index is 555. The van der Waals surface area contributed by atoms with Gasteiger partial charge in [-0.1, -0.05) is 6.07 Å². The fraction of sp³-hybridized carbons (Fsp3) is 0.467. The van der Waals surface area contributed by atoms with Crippen LogP contribution in [-0.2, 0) is 4.79 Å². The van der Waals surface area contributed by atoms with Crippen LogP contribution in [0.5, 0.6) is 5.75 Å². The number of rotatable bonds is 3. The molecule has 0 radical (unpaired) electrons. The van der Waals surface area contributed by atoms with Crippen molar-refractivity contribution < 1.29 is 19.4 Å². The van der Waals surface area contributed by atoms with Crippen LogP contribution in [-0.4, -0.2) is 42.1 Å². The number of aryl methyl sites for hydroxylation is 1. The Morgan fingerprint density at radius 1 is 1.40 bits per heavy atom. The van der Waals surface area contributed by atoms with Gasteiger partial charge in [0.15, 0.2) is 0 Å². The van der Waals surface area contributed by atoms with Crippen LogP contribution >= 0.6 is 0 Å². The van der Waals surface area contributed by atoms with Crippen LogP contribution in [0.25, 0.3) is 0 Å². The monoisotopic (exact) mass is 277 g/mol. The summed E-state index contributed by atoms with van der Waals surface area (Å²) in [6, 6.07) is 5.28. The molecule has 0 aliphatic carbocycles. The van der Waals surface area contributed by atoms with Gasteiger partial charge in [0.25, 0.3) is 5.91 Å². The minimum absolute atomic E-state index is 0.145. The summed E-state index contributed by atoms with van der Waals surface area (Å²) in [7, 11) is 1.56. The molecule has 1 N–H and O–H groups in total. The summed E-state index contributed by atoms with van der Waals surface area (Å²) < 4.78 is 5.21. The first-order valence-electron chi connectivity index (χ1n) is 6.55. The number of hydrogen-bond donors (Lipinski definition) is 1. The van der Waals surface area contributed by atoms with Gasteiger partial charge in [-0.3, -0.25) is 9.59 Å². The number of likely N-dealkylation sites (tertiary alicyclic amines) is 1. The van der Waals surface area contributed by atoms with Crippen LogP contribution in [0.15, 0.2) is 18.2 Å². The highest BCUT2D eigenvalue weighted by molar-refractivity contribution is 5.95. The fourth-order valence-corrected chi connectivity index (χ4v) is 2.44. The molecule has 2 rings (SSSR count). The molecule has 1 unspecified atom stereocenters. The van der Waals surface area contributed by atoms with Crippen molar-refractivity contribution in [3.05, 3.63) is 29.3 Å². The van der Waals surface area contributed by atoms with E-state index in [1.54, 1.807) is 31.1 Å². The fourth-order valence-electron chi connectivity index (χ4n) is 2.44. The first-order chi connectivity index (χ1) is 9.37. The minimum atomic E-state index is -0.853. The normalized spacial score (nSPS) is 21.9. The Hall–Kier alpha value is -2.04. The third kappa shape index (κ3) is 2.48. The molecule has 108 valence electrons. The van der Waals surface area contributed by atoms with Crippen molar-refractivity contribution in [2.45, 2.75) is 20.3 Å². The number of methoxy groups -OCH3 is 1. The van der Waals surface area contributed by atoms with E-state index in [1.807, 2.05) is 13.0 Å². The third-order valence-electron chi connectivity index (χ3n) is 3.93. The molecule has 1 atom stereocenters. The second-order valence-corrected chi connectivity index (χ2v) is 5.53. The average Bonchev–Trinajstić information content (AvgIpc) is 2.82. The van der Waals surface area contributed by atoms with E-state index in [1.165, 1.54) is 0 Å². The zero-order chi connectivity index (χ0) is 14.9. The van der Waals surface area contributed by atoms with Crippen molar-refractivity contribution in [3.63, 3.8) is 0 Å². The van der Waals surface area contributed by atoms with Gasteiger partial charge < -0.3 is 14.7 Å². The van der Waals surface area contributed by atoms with Gasteiger partial charge in [0, 0.05) is 18.7 Å². The molecular weight excluding hydrogens is 258 g/mol. The highest BCUT2D eigenvalue weighted by Gasteiger charge is 2.42. The SMILES string of the molecule is COc1cc(C(=O)N2CCC(C)(C(=O)O)C2)ccc1C. The van der Waals surface area contributed by atoms with E-state index in [4.69, 9.17) is 4.74 Å². The second-order valence-electron chi connectivity index (χ2n) is 5.53. The molecule has 1 fully saturated rings. The predicted molar refractivity (Wildman–Crippen MR) is 74.0 cm³/mol. The summed E-state index contributed by atoms with van der Waals surface area (Å²) in [5.41, 5.74) is 0.646. The molecule has 1 saturated heterocycles. The quantitative estimate of drug-likeness (QED) is 0.917. The lowest BCUT2D eigenvalue weighted by molar-refractivity contribution is -0.147. The number of amides is 1. The molecule has 20 heavy (non-hydrogen) atoms. The summed E-state index contributed by atoms with van der Waals surface area (Å²) >= 11 is 0.